The van der Waals surface area contributed by atoms with Gasteiger partial charge in [0.1, 0.15) is 18.2 Å². The van der Waals surface area contributed by atoms with E-state index in [1.807, 2.05) is 27.7 Å². The van der Waals surface area contributed by atoms with Crippen molar-refractivity contribution >= 4 is 0 Å². The number of nitrogens with two attached hydrogens (primary N) is 1. The molecular formula is C15H20FNO. The molecule has 1 aromatic rings. The normalized spacial score (nSPS) is 12.6. The van der Waals surface area contributed by atoms with Crippen molar-refractivity contribution in [2.45, 2.75) is 33.7 Å². The summed E-state index contributed by atoms with van der Waals surface area (Å²) in [7, 11) is 0. The van der Waals surface area contributed by atoms with Gasteiger partial charge in [-0.15, -0.1) is 0 Å². The summed E-state index contributed by atoms with van der Waals surface area (Å²) < 4.78 is 18.6. The number of hydrogen-bond acceptors (Lipinski definition) is 2. The van der Waals surface area contributed by atoms with Gasteiger partial charge in [-0.3, -0.25) is 0 Å². The van der Waals surface area contributed by atoms with Gasteiger partial charge in [-0.2, -0.15) is 0 Å². The Morgan fingerprint density at radius 2 is 2.06 bits per heavy atom. The number of halogens is 1. The van der Waals surface area contributed by atoms with Crippen molar-refractivity contribution in [3.8, 4) is 17.6 Å². The standard InChI is InChI=1S/C15H20FNO/c1-11(17)13-7-6-12(16)10-14(13)18-9-5-8-15(2,3)4/h6-7,10-11H,9,17H2,1-4H3/t11-/m0/s1. The summed E-state index contributed by atoms with van der Waals surface area (Å²) in [5.41, 5.74) is 6.53. The molecule has 0 heterocycles. The summed E-state index contributed by atoms with van der Waals surface area (Å²) in [6.07, 6.45) is 0. The maximum atomic E-state index is 13.2. The van der Waals surface area contributed by atoms with Crippen LogP contribution in [0.5, 0.6) is 5.75 Å². The Balaban J connectivity index is 2.77. The molecule has 1 rings (SSSR count). The molecule has 0 unspecified atom stereocenters. The van der Waals surface area contributed by atoms with Crippen molar-refractivity contribution in [1.82, 2.24) is 0 Å². The zero-order valence-electron chi connectivity index (χ0n) is 11.4. The predicted molar refractivity (Wildman–Crippen MR) is 71.7 cm³/mol. The second-order valence-electron chi connectivity index (χ2n) is 5.31. The SMILES string of the molecule is C[C@H](N)c1ccc(F)cc1OCC#CC(C)(C)C. The average molecular weight is 249 g/mol. The van der Waals surface area contributed by atoms with Gasteiger partial charge >= 0.3 is 0 Å². The number of hydrogen-bond donors (Lipinski definition) is 1. The molecule has 0 bridgehead atoms. The quantitative estimate of drug-likeness (QED) is 0.834. The van der Waals surface area contributed by atoms with Crippen LogP contribution in [-0.4, -0.2) is 6.61 Å². The fourth-order valence-corrected chi connectivity index (χ4v) is 1.42. The summed E-state index contributed by atoms with van der Waals surface area (Å²) in [6, 6.07) is 4.17. The second kappa shape index (κ2) is 5.88. The Kier molecular flexibility index (Phi) is 4.75. The van der Waals surface area contributed by atoms with Gasteiger partial charge in [0.25, 0.3) is 0 Å². The number of rotatable bonds is 3. The summed E-state index contributed by atoms with van der Waals surface area (Å²) in [6.45, 7) is 8.14. The van der Waals surface area contributed by atoms with Crippen LogP contribution in [0.15, 0.2) is 18.2 Å². The van der Waals surface area contributed by atoms with E-state index in [1.165, 1.54) is 12.1 Å². The fourth-order valence-electron chi connectivity index (χ4n) is 1.42. The molecule has 2 N–H and O–H groups in total. The van der Waals surface area contributed by atoms with E-state index >= 15 is 0 Å². The molecular weight excluding hydrogens is 229 g/mol. The van der Waals surface area contributed by atoms with Gasteiger partial charge in [0, 0.05) is 23.1 Å². The zero-order chi connectivity index (χ0) is 13.8. The molecule has 0 saturated heterocycles. The molecule has 0 aliphatic rings. The third kappa shape index (κ3) is 4.77. The van der Waals surface area contributed by atoms with E-state index in [0.717, 1.165) is 5.56 Å². The Hall–Kier alpha value is -1.53. The third-order valence-corrected chi connectivity index (χ3v) is 2.23. The van der Waals surface area contributed by atoms with E-state index in [4.69, 9.17) is 10.5 Å². The van der Waals surface area contributed by atoms with Gasteiger partial charge in [0.15, 0.2) is 0 Å². The first-order valence-corrected chi connectivity index (χ1v) is 5.97. The first kappa shape index (κ1) is 14.5. The van der Waals surface area contributed by atoms with E-state index in [1.54, 1.807) is 6.07 Å². The molecule has 0 amide bonds. The van der Waals surface area contributed by atoms with E-state index in [0.29, 0.717) is 5.75 Å². The molecule has 0 aromatic heterocycles. The maximum Gasteiger partial charge on any atom is 0.149 e. The third-order valence-electron chi connectivity index (χ3n) is 2.23. The van der Waals surface area contributed by atoms with Gasteiger partial charge in [0.05, 0.1) is 0 Å². The van der Waals surface area contributed by atoms with Gasteiger partial charge < -0.3 is 10.5 Å². The lowest BCUT2D eigenvalue weighted by Gasteiger charge is -2.12. The van der Waals surface area contributed by atoms with Crippen LogP contribution in [0, 0.1) is 23.1 Å². The van der Waals surface area contributed by atoms with Crippen molar-refractivity contribution in [3.05, 3.63) is 29.6 Å². The Morgan fingerprint density at radius 1 is 1.39 bits per heavy atom. The van der Waals surface area contributed by atoms with Crippen LogP contribution in [-0.2, 0) is 0 Å². The molecule has 0 radical (unpaired) electrons. The molecule has 0 saturated carbocycles. The Labute approximate surface area is 108 Å². The summed E-state index contributed by atoms with van der Waals surface area (Å²) in [5, 5.41) is 0. The maximum absolute atomic E-state index is 13.2. The minimum atomic E-state index is -0.335. The van der Waals surface area contributed by atoms with Gasteiger partial charge in [-0.1, -0.05) is 17.9 Å². The topological polar surface area (TPSA) is 35.2 Å². The zero-order valence-corrected chi connectivity index (χ0v) is 11.4. The molecule has 1 aromatic carbocycles. The van der Waals surface area contributed by atoms with Crippen LogP contribution >= 0.6 is 0 Å². The molecule has 0 fully saturated rings. The smallest absolute Gasteiger partial charge is 0.149 e. The average Bonchev–Trinajstić information content (AvgIpc) is 2.22. The van der Waals surface area contributed by atoms with Crippen LogP contribution in [0.4, 0.5) is 4.39 Å². The van der Waals surface area contributed by atoms with Gasteiger partial charge in [-0.05, 0) is 33.8 Å². The lowest BCUT2D eigenvalue weighted by atomic mass is 9.98. The highest BCUT2D eigenvalue weighted by atomic mass is 19.1. The van der Waals surface area contributed by atoms with Crippen LogP contribution < -0.4 is 10.5 Å². The van der Waals surface area contributed by atoms with Crippen molar-refractivity contribution in [2.75, 3.05) is 6.61 Å². The van der Waals surface area contributed by atoms with Crippen molar-refractivity contribution in [3.63, 3.8) is 0 Å². The fraction of sp³-hybridized carbons (Fsp3) is 0.467. The molecule has 0 aliphatic carbocycles. The molecule has 0 spiro atoms. The summed E-state index contributed by atoms with van der Waals surface area (Å²) in [5.74, 6) is 6.11. The van der Waals surface area contributed by atoms with Crippen LogP contribution in [0.1, 0.15) is 39.3 Å². The number of ether oxygens (including phenoxy) is 1. The summed E-state index contributed by atoms with van der Waals surface area (Å²) >= 11 is 0. The summed E-state index contributed by atoms with van der Waals surface area (Å²) in [4.78, 5) is 0. The minimum Gasteiger partial charge on any atom is -0.480 e. The van der Waals surface area contributed by atoms with Crippen molar-refractivity contribution < 1.29 is 9.13 Å². The highest BCUT2D eigenvalue weighted by Crippen LogP contribution is 2.24. The highest BCUT2D eigenvalue weighted by molar-refractivity contribution is 5.36. The first-order valence-electron chi connectivity index (χ1n) is 5.97. The Morgan fingerprint density at radius 3 is 2.61 bits per heavy atom. The molecule has 98 valence electrons. The highest BCUT2D eigenvalue weighted by Gasteiger charge is 2.09. The van der Waals surface area contributed by atoms with E-state index in [-0.39, 0.29) is 23.9 Å². The molecule has 2 nitrogen and oxygen atoms in total. The van der Waals surface area contributed by atoms with E-state index in [2.05, 4.69) is 11.8 Å². The first-order chi connectivity index (χ1) is 8.29. The van der Waals surface area contributed by atoms with Crippen molar-refractivity contribution in [1.29, 1.82) is 0 Å². The van der Waals surface area contributed by atoms with E-state index in [9.17, 15) is 4.39 Å². The predicted octanol–water partition coefficient (Wildman–Crippen LogP) is 3.27. The van der Waals surface area contributed by atoms with Gasteiger partial charge in [0.2, 0.25) is 0 Å². The largest absolute Gasteiger partial charge is 0.480 e. The number of benzene rings is 1. The van der Waals surface area contributed by atoms with Crippen LogP contribution in [0.2, 0.25) is 0 Å². The second-order valence-corrected chi connectivity index (χ2v) is 5.31. The van der Waals surface area contributed by atoms with Gasteiger partial charge in [-0.25, -0.2) is 4.39 Å². The van der Waals surface area contributed by atoms with Crippen LogP contribution in [0.25, 0.3) is 0 Å². The molecule has 1 atom stereocenters. The monoisotopic (exact) mass is 249 g/mol. The van der Waals surface area contributed by atoms with E-state index < -0.39 is 0 Å². The Bertz CT molecular complexity index is 464. The minimum absolute atomic E-state index is 0.0602. The molecule has 18 heavy (non-hydrogen) atoms. The lowest BCUT2D eigenvalue weighted by molar-refractivity contribution is 0.360. The molecule has 3 heteroatoms. The molecule has 0 aliphatic heterocycles. The lowest BCUT2D eigenvalue weighted by Crippen LogP contribution is -2.09. The van der Waals surface area contributed by atoms with Crippen LogP contribution in [0.3, 0.4) is 0 Å². The van der Waals surface area contributed by atoms with Crippen molar-refractivity contribution in [2.24, 2.45) is 11.1 Å².